The lowest BCUT2D eigenvalue weighted by atomic mass is 10.2. The van der Waals surface area contributed by atoms with E-state index < -0.39 is 0 Å². The molecule has 1 aromatic carbocycles. The summed E-state index contributed by atoms with van der Waals surface area (Å²) in [6.45, 7) is 5.48. The second-order valence-corrected chi connectivity index (χ2v) is 7.54. The molecule has 1 saturated heterocycles. The van der Waals surface area contributed by atoms with Gasteiger partial charge in [-0.3, -0.25) is 0 Å². The average molecular weight is 549 g/mol. The van der Waals surface area contributed by atoms with Crippen molar-refractivity contribution in [3.63, 3.8) is 0 Å². The summed E-state index contributed by atoms with van der Waals surface area (Å²) in [5.74, 6) is 1.78. The SMILES string of the molecule is CCNC(=NCc1nccn1Cc1ccccc1)NC1CCN(c2ncccc2F)C1.I. The average Bonchev–Trinajstić information content (AvgIpc) is 3.43. The predicted molar refractivity (Wildman–Crippen MR) is 136 cm³/mol. The zero-order chi connectivity index (χ0) is 21.5. The Hall–Kier alpha value is -2.69. The number of hydrogen-bond donors (Lipinski definition) is 2. The van der Waals surface area contributed by atoms with Gasteiger partial charge in [-0.1, -0.05) is 30.3 Å². The second-order valence-electron chi connectivity index (χ2n) is 7.54. The van der Waals surface area contributed by atoms with E-state index in [-0.39, 0.29) is 35.8 Å². The summed E-state index contributed by atoms with van der Waals surface area (Å²) in [5.41, 5.74) is 1.23. The molecule has 1 unspecified atom stereocenters. The maximum Gasteiger partial charge on any atom is 0.191 e. The quantitative estimate of drug-likeness (QED) is 0.269. The summed E-state index contributed by atoms with van der Waals surface area (Å²) in [6.07, 6.45) is 6.31. The van der Waals surface area contributed by atoms with Crippen LogP contribution in [-0.4, -0.2) is 46.2 Å². The molecule has 2 aromatic heterocycles. The molecule has 3 aromatic rings. The van der Waals surface area contributed by atoms with Crippen LogP contribution in [0.2, 0.25) is 0 Å². The molecule has 0 amide bonds. The Morgan fingerprint density at radius 1 is 1.16 bits per heavy atom. The summed E-state index contributed by atoms with van der Waals surface area (Å²) in [4.78, 5) is 15.4. The van der Waals surface area contributed by atoms with Crippen molar-refractivity contribution in [3.05, 3.63) is 78.3 Å². The van der Waals surface area contributed by atoms with E-state index in [1.165, 1.54) is 11.6 Å². The van der Waals surface area contributed by atoms with Gasteiger partial charge in [0.15, 0.2) is 17.6 Å². The van der Waals surface area contributed by atoms with Crippen molar-refractivity contribution in [3.8, 4) is 0 Å². The number of aliphatic imine (C=N–C) groups is 1. The largest absolute Gasteiger partial charge is 0.357 e. The van der Waals surface area contributed by atoms with Crippen LogP contribution in [0.4, 0.5) is 10.2 Å². The van der Waals surface area contributed by atoms with Crippen molar-refractivity contribution in [2.75, 3.05) is 24.5 Å². The number of pyridine rings is 1. The summed E-state index contributed by atoms with van der Waals surface area (Å²) < 4.78 is 16.2. The topological polar surface area (TPSA) is 70.4 Å². The number of aromatic nitrogens is 3. The lowest BCUT2D eigenvalue weighted by Crippen LogP contribution is -2.44. The molecule has 1 fully saturated rings. The monoisotopic (exact) mass is 549 g/mol. The zero-order valence-corrected chi connectivity index (χ0v) is 20.4. The second kappa shape index (κ2) is 11.8. The van der Waals surface area contributed by atoms with Crippen molar-refractivity contribution in [2.24, 2.45) is 4.99 Å². The molecule has 0 aliphatic carbocycles. The first kappa shape index (κ1) is 24.0. The normalized spacial score (nSPS) is 16.0. The number of halogens is 2. The number of guanidine groups is 1. The van der Waals surface area contributed by atoms with Gasteiger partial charge in [0.2, 0.25) is 0 Å². The van der Waals surface area contributed by atoms with E-state index in [1.54, 1.807) is 12.3 Å². The maximum absolute atomic E-state index is 14.1. The van der Waals surface area contributed by atoms with E-state index in [4.69, 9.17) is 4.99 Å². The maximum atomic E-state index is 14.1. The molecule has 1 aliphatic heterocycles. The van der Waals surface area contributed by atoms with Gasteiger partial charge in [-0.25, -0.2) is 19.4 Å². The molecule has 4 rings (SSSR count). The number of rotatable bonds is 7. The molecule has 0 bridgehead atoms. The molecular formula is C23H29FIN7. The first-order valence-corrected chi connectivity index (χ1v) is 10.7. The zero-order valence-electron chi connectivity index (χ0n) is 18.1. The summed E-state index contributed by atoms with van der Waals surface area (Å²) >= 11 is 0. The third kappa shape index (κ3) is 6.18. The van der Waals surface area contributed by atoms with Crippen LogP contribution < -0.4 is 15.5 Å². The highest BCUT2D eigenvalue weighted by Gasteiger charge is 2.26. The van der Waals surface area contributed by atoms with Crippen LogP contribution in [0.5, 0.6) is 0 Å². The minimum absolute atomic E-state index is 0. The van der Waals surface area contributed by atoms with Crippen LogP contribution in [0.15, 0.2) is 66.0 Å². The number of anilines is 1. The number of benzene rings is 1. The van der Waals surface area contributed by atoms with Gasteiger partial charge in [0.05, 0.1) is 0 Å². The predicted octanol–water partition coefficient (Wildman–Crippen LogP) is 3.42. The minimum atomic E-state index is -0.283. The van der Waals surface area contributed by atoms with Gasteiger partial charge in [-0.05, 0) is 31.0 Å². The molecule has 1 atom stereocenters. The van der Waals surface area contributed by atoms with E-state index >= 15 is 0 Å². The fraction of sp³-hybridized carbons (Fsp3) is 0.348. The van der Waals surface area contributed by atoms with E-state index in [0.717, 1.165) is 37.8 Å². The Balaban J connectivity index is 0.00000289. The van der Waals surface area contributed by atoms with Crippen molar-refractivity contribution >= 4 is 35.8 Å². The number of imidazole rings is 1. The van der Waals surface area contributed by atoms with Gasteiger partial charge < -0.3 is 20.1 Å². The van der Waals surface area contributed by atoms with Crippen molar-refractivity contribution in [1.29, 1.82) is 0 Å². The highest BCUT2D eigenvalue weighted by Crippen LogP contribution is 2.20. The molecular weight excluding hydrogens is 520 g/mol. The highest BCUT2D eigenvalue weighted by atomic mass is 127. The van der Waals surface area contributed by atoms with Gasteiger partial charge in [0.1, 0.15) is 12.4 Å². The Kier molecular flexibility index (Phi) is 8.83. The fourth-order valence-corrected chi connectivity index (χ4v) is 3.76. The Morgan fingerprint density at radius 3 is 2.78 bits per heavy atom. The lowest BCUT2D eigenvalue weighted by Gasteiger charge is -2.20. The van der Waals surface area contributed by atoms with E-state index in [1.807, 2.05) is 42.4 Å². The van der Waals surface area contributed by atoms with E-state index in [9.17, 15) is 4.39 Å². The van der Waals surface area contributed by atoms with Crippen LogP contribution in [0.25, 0.3) is 0 Å². The summed E-state index contributed by atoms with van der Waals surface area (Å²) in [7, 11) is 0. The lowest BCUT2D eigenvalue weighted by molar-refractivity contribution is 0.612. The molecule has 0 saturated carbocycles. The van der Waals surface area contributed by atoms with E-state index in [0.29, 0.717) is 18.9 Å². The molecule has 0 radical (unpaired) electrons. The molecule has 0 spiro atoms. The van der Waals surface area contributed by atoms with Gasteiger partial charge in [-0.2, -0.15) is 0 Å². The fourth-order valence-electron chi connectivity index (χ4n) is 3.76. The minimum Gasteiger partial charge on any atom is -0.357 e. The molecule has 7 nitrogen and oxygen atoms in total. The number of hydrogen-bond acceptors (Lipinski definition) is 4. The summed E-state index contributed by atoms with van der Waals surface area (Å²) in [5, 5.41) is 6.78. The van der Waals surface area contributed by atoms with Gasteiger partial charge in [0, 0.05) is 50.8 Å². The van der Waals surface area contributed by atoms with Crippen LogP contribution in [0.3, 0.4) is 0 Å². The number of nitrogens with one attached hydrogen (secondary N) is 2. The van der Waals surface area contributed by atoms with Crippen molar-refractivity contribution in [1.82, 2.24) is 25.2 Å². The van der Waals surface area contributed by atoms with E-state index in [2.05, 4.69) is 37.3 Å². The first-order chi connectivity index (χ1) is 15.2. The smallest absolute Gasteiger partial charge is 0.191 e. The van der Waals surface area contributed by atoms with Gasteiger partial charge in [0.25, 0.3) is 0 Å². The molecule has 32 heavy (non-hydrogen) atoms. The Bertz CT molecular complexity index is 1010. The molecule has 2 N–H and O–H groups in total. The first-order valence-electron chi connectivity index (χ1n) is 10.7. The Morgan fingerprint density at radius 2 is 2.00 bits per heavy atom. The highest BCUT2D eigenvalue weighted by molar-refractivity contribution is 14.0. The third-order valence-corrected chi connectivity index (χ3v) is 5.29. The van der Waals surface area contributed by atoms with Crippen LogP contribution in [0, 0.1) is 5.82 Å². The molecule has 1 aliphatic rings. The summed E-state index contributed by atoms with van der Waals surface area (Å²) in [6, 6.07) is 13.5. The third-order valence-electron chi connectivity index (χ3n) is 5.29. The Labute approximate surface area is 205 Å². The molecule has 170 valence electrons. The molecule has 9 heteroatoms. The van der Waals surface area contributed by atoms with Gasteiger partial charge in [-0.15, -0.1) is 24.0 Å². The van der Waals surface area contributed by atoms with Crippen LogP contribution in [-0.2, 0) is 13.1 Å². The number of nitrogens with zero attached hydrogens (tertiary/aromatic N) is 5. The van der Waals surface area contributed by atoms with Crippen molar-refractivity contribution in [2.45, 2.75) is 32.5 Å². The standard InChI is InChI=1S/C23H28FN7.HI/c1-2-25-23(29-19-10-13-31(17-19)22-20(24)9-6-11-27-22)28-15-21-26-12-14-30(21)16-18-7-4-3-5-8-18;/h3-9,11-12,14,19H,2,10,13,15-17H2,1H3,(H2,25,28,29);1H. The van der Waals surface area contributed by atoms with Crippen LogP contribution >= 0.6 is 24.0 Å². The molecule has 3 heterocycles. The van der Waals surface area contributed by atoms with Gasteiger partial charge >= 0.3 is 0 Å². The van der Waals surface area contributed by atoms with Crippen molar-refractivity contribution < 1.29 is 4.39 Å². The van der Waals surface area contributed by atoms with Crippen LogP contribution in [0.1, 0.15) is 24.7 Å².